The van der Waals surface area contributed by atoms with Crippen molar-refractivity contribution in [2.75, 3.05) is 5.32 Å². The molecule has 0 bridgehead atoms. The summed E-state index contributed by atoms with van der Waals surface area (Å²) in [4.78, 5) is 17.7. The first-order valence-electron chi connectivity index (χ1n) is 9.51. The number of halogens is 1. The number of carbonyl (C=O) groups is 1. The molecule has 0 aliphatic rings. The first-order chi connectivity index (χ1) is 13.9. The number of rotatable bonds is 4. The minimum Gasteiger partial charge on any atom is -0.326 e. The lowest BCUT2D eigenvalue weighted by atomic mass is 10.0. The fraction of sp³-hybridized carbons (Fsp3) is 0.167. The van der Waals surface area contributed by atoms with Crippen LogP contribution in [0.5, 0.6) is 0 Å². The zero-order valence-corrected chi connectivity index (χ0v) is 17.4. The van der Waals surface area contributed by atoms with Gasteiger partial charge < -0.3 is 9.72 Å². The zero-order chi connectivity index (χ0) is 20.5. The van der Waals surface area contributed by atoms with Gasteiger partial charge in [-0.2, -0.15) is 0 Å². The molecule has 29 heavy (non-hydrogen) atoms. The number of aryl methyl sites for hydroxylation is 3. The van der Waals surface area contributed by atoms with Crippen LogP contribution in [-0.4, -0.2) is 15.3 Å². The Morgan fingerprint density at radius 2 is 1.86 bits per heavy atom. The molecular weight excluding hydrogens is 382 g/mol. The third-order valence-electron chi connectivity index (χ3n) is 5.10. The van der Waals surface area contributed by atoms with Crippen LogP contribution < -0.4 is 5.32 Å². The SMILES string of the molecule is Cc1ccn2c(CC(=O)Nc3cccc(Cl)c3)c(-c3ccc(C)c(C)c3)nc2c1. The van der Waals surface area contributed by atoms with Gasteiger partial charge in [-0.3, -0.25) is 4.79 Å². The molecule has 4 nitrogen and oxygen atoms in total. The van der Waals surface area contributed by atoms with Gasteiger partial charge in [-0.15, -0.1) is 0 Å². The summed E-state index contributed by atoms with van der Waals surface area (Å²) in [7, 11) is 0. The third kappa shape index (κ3) is 4.03. The quantitative estimate of drug-likeness (QED) is 0.470. The van der Waals surface area contributed by atoms with Crippen LogP contribution in [0.2, 0.25) is 5.02 Å². The Morgan fingerprint density at radius 3 is 2.62 bits per heavy atom. The monoisotopic (exact) mass is 403 g/mol. The van der Waals surface area contributed by atoms with Gasteiger partial charge in [-0.25, -0.2) is 4.98 Å². The van der Waals surface area contributed by atoms with Gasteiger partial charge in [0.05, 0.1) is 17.8 Å². The van der Waals surface area contributed by atoms with Crippen LogP contribution in [0.15, 0.2) is 60.8 Å². The number of nitrogens with zero attached hydrogens (tertiary/aromatic N) is 2. The van der Waals surface area contributed by atoms with E-state index in [1.54, 1.807) is 12.1 Å². The molecule has 2 aromatic carbocycles. The average molecular weight is 404 g/mol. The van der Waals surface area contributed by atoms with Crippen LogP contribution in [0.1, 0.15) is 22.4 Å². The van der Waals surface area contributed by atoms with Crippen LogP contribution in [0.3, 0.4) is 0 Å². The zero-order valence-electron chi connectivity index (χ0n) is 16.7. The van der Waals surface area contributed by atoms with E-state index in [0.717, 1.165) is 28.2 Å². The topological polar surface area (TPSA) is 46.4 Å². The lowest BCUT2D eigenvalue weighted by Crippen LogP contribution is -2.16. The molecule has 0 spiro atoms. The number of aromatic nitrogens is 2. The summed E-state index contributed by atoms with van der Waals surface area (Å²) in [6.45, 7) is 6.21. The second-order valence-electron chi connectivity index (χ2n) is 7.37. The fourth-order valence-electron chi connectivity index (χ4n) is 3.41. The molecule has 0 aliphatic carbocycles. The summed E-state index contributed by atoms with van der Waals surface area (Å²) in [6, 6.07) is 17.5. The summed E-state index contributed by atoms with van der Waals surface area (Å²) in [5.74, 6) is -0.111. The van der Waals surface area contributed by atoms with E-state index in [2.05, 4.69) is 37.4 Å². The Kier molecular flexibility index (Phi) is 5.12. The summed E-state index contributed by atoms with van der Waals surface area (Å²) >= 11 is 6.03. The predicted molar refractivity (Wildman–Crippen MR) is 119 cm³/mol. The van der Waals surface area contributed by atoms with Gasteiger partial charge in [-0.1, -0.05) is 29.8 Å². The number of carbonyl (C=O) groups excluding carboxylic acids is 1. The number of hydrogen-bond acceptors (Lipinski definition) is 2. The lowest BCUT2D eigenvalue weighted by Gasteiger charge is -2.09. The summed E-state index contributed by atoms with van der Waals surface area (Å²) in [5, 5.41) is 3.52. The Morgan fingerprint density at radius 1 is 1.03 bits per heavy atom. The van der Waals surface area contributed by atoms with Crippen molar-refractivity contribution in [3.05, 3.63) is 88.2 Å². The second kappa shape index (κ2) is 7.72. The molecule has 0 saturated carbocycles. The number of fused-ring (bicyclic) bond motifs is 1. The fourth-order valence-corrected chi connectivity index (χ4v) is 3.60. The van der Waals surface area contributed by atoms with E-state index in [1.165, 1.54) is 11.1 Å². The molecule has 4 aromatic rings. The smallest absolute Gasteiger partial charge is 0.230 e. The minimum absolute atomic E-state index is 0.111. The summed E-state index contributed by atoms with van der Waals surface area (Å²) in [5.41, 5.74) is 7.79. The highest BCUT2D eigenvalue weighted by atomic mass is 35.5. The van der Waals surface area contributed by atoms with E-state index in [0.29, 0.717) is 10.7 Å². The summed E-state index contributed by atoms with van der Waals surface area (Å²) in [6.07, 6.45) is 2.18. The number of benzene rings is 2. The lowest BCUT2D eigenvalue weighted by molar-refractivity contribution is -0.115. The van der Waals surface area contributed by atoms with Crippen molar-refractivity contribution >= 4 is 28.8 Å². The van der Waals surface area contributed by atoms with Crippen molar-refractivity contribution in [3.8, 4) is 11.3 Å². The van der Waals surface area contributed by atoms with E-state index < -0.39 is 0 Å². The molecule has 0 fully saturated rings. The van der Waals surface area contributed by atoms with Gasteiger partial charge in [0.2, 0.25) is 5.91 Å². The van der Waals surface area contributed by atoms with Gasteiger partial charge in [0.25, 0.3) is 0 Å². The molecule has 0 radical (unpaired) electrons. The molecule has 2 aromatic heterocycles. The Labute approximate surface area is 175 Å². The maximum Gasteiger partial charge on any atom is 0.230 e. The summed E-state index contributed by atoms with van der Waals surface area (Å²) < 4.78 is 2.00. The Hall–Kier alpha value is -3.11. The van der Waals surface area contributed by atoms with Crippen molar-refractivity contribution in [3.63, 3.8) is 0 Å². The Balaban J connectivity index is 1.75. The third-order valence-corrected chi connectivity index (χ3v) is 5.33. The molecule has 1 N–H and O–H groups in total. The van der Waals surface area contributed by atoms with Gasteiger partial charge >= 0.3 is 0 Å². The van der Waals surface area contributed by atoms with Crippen LogP contribution in [0, 0.1) is 20.8 Å². The highest BCUT2D eigenvalue weighted by molar-refractivity contribution is 6.30. The highest BCUT2D eigenvalue weighted by Crippen LogP contribution is 2.27. The number of amides is 1. The normalized spacial score (nSPS) is 11.0. The van der Waals surface area contributed by atoms with E-state index in [9.17, 15) is 4.79 Å². The van der Waals surface area contributed by atoms with Crippen molar-refractivity contribution in [2.45, 2.75) is 27.2 Å². The van der Waals surface area contributed by atoms with E-state index >= 15 is 0 Å². The Bertz CT molecular complexity index is 1230. The predicted octanol–water partition coefficient (Wildman–Crippen LogP) is 5.76. The van der Waals surface area contributed by atoms with E-state index in [1.807, 2.05) is 41.8 Å². The molecule has 0 unspecified atom stereocenters. The van der Waals surface area contributed by atoms with Crippen molar-refractivity contribution in [1.82, 2.24) is 9.38 Å². The highest BCUT2D eigenvalue weighted by Gasteiger charge is 2.18. The number of pyridine rings is 1. The minimum atomic E-state index is -0.111. The maximum absolute atomic E-state index is 12.8. The van der Waals surface area contributed by atoms with Crippen molar-refractivity contribution in [1.29, 1.82) is 0 Å². The van der Waals surface area contributed by atoms with Crippen LogP contribution in [-0.2, 0) is 11.2 Å². The number of hydrogen-bond donors (Lipinski definition) is 1. The standard InChI is InChI=1S/C24H22ClN3O/c1-15-9-10-28-21(14-23(29)26-20-6-4-5-19(25)13-20)24(27-22(28)11-15)18-8-7-16(2)17(3)12-18/h4-13H,14H2,1-3H3,(H,26,29). The van der Waals surface area contributed by atoms with Gasteiger partial charge in [0.15, 0.2) is 0 Å². The molecule has 146 valence electrons. The van der Waals surface area contributed by atoms with E-state index in [4.69, 9.17) is 16.6 Å². The van der Waals surface area contributed by atoms with Crippen molar-refractivity contribution < 1.29 is 4.79 Å². The molecule has 1 amide bonds. The van der Waals surface area contributed by atoms with Crippen LogP contribution in [0.25, 0.3) is 16.9 Å². The maximum atomic E-state index is 12.8. The number of imidazole rings is 1. The molecule has 0 atom stereocenters. The van der Waals surface area contributed by atoms with Crippen molar-refractivity contribution in [2.24, 2.45) is 0 Å². The van der Waals surface area contributed by atoms with Gasteiger partial charge in [0, 0.05) is 22.5 Å². The molecular formula is C24H22ClN3O. The molecule has 4 rings (SSSR count). The average Bonchev–Trinajstić information content (AvgIpc) is 3.01. The van der Waals surface area contributed by atoms with Crippen LogP contribution in [0.4, 0.5) is 5.69 Å². The first-order valence-corrected chi connectivity index (χ1v) is 9.89. The molecule has 2 heterocycles. The number of nitrogens with one attached hydrogen (secondary N) is 1. The number of anilines is 1. The van der Waals surface area contributed by atoms with Gasteiger partial charge in [0.1, 0.15) is 5.65 Å². The molecule has 0 aliphatic heterocycles. The van der Waals surface area contributed by atoms with E-state index in [-0.39, 0.29) is 12.3 Å². The largest absolute Gasteiger partial charge is 0.326 e. The second-order valence-corrected chi connectivity index (χ2v) is 7.81. The van der Waals surface area contributed by atoms with Crippen LogP contribution >= 0.6 is 11.6 Å². The first kappa shape index (κ1) is 19.2. The molecule has 0 saturated heterocycles. The van der Waals surface area contributed by atoms with Gasteiger partial charge in [-0.05, 0) is 73.9 Å². The molecule has 5 heteroatoms.